The maximum absolute atomic E-state index is 12.1. The molecule has 0 spiro atoms. The minimum atomic E-state index is -0.870. The zero-order chi connectivity index (χ0) is 12.4. The van der Waals surface area contributed by atoms with Crippen molar-refractivity contribution >= 4 is 11.9 Å². The Balaban J connectivity index is 1.98. The number of nitrogens with zero attached hydrogens (tertiary/aromatic N) is 1. The summed E-state index contributed by atoms with van der Waals surface area (Å²) in [5, 5.41) is 9.16. The zero-order valence-electron chi connectivity index (χ0n) is 10.1. The molecule has 2 aliphatic rings. The van der Waals surface area contributed by atoms with Gasteiger partial charge in [-0.25, -0.2) is 4.79 Å². The van der Waals surface area contributed by atoms with Crippen LogP contribution in [0.2, 0.25) is 0 Å². The number of hydrogen-bond donors (Lipinski definition) is 1. The lowest BCUT2D eigenvalue weighted by Crippen LogP contribution is -2.43. The van der Waals surface area contributed by atoms with Gasteiger partial charge in [0.05, 0.1) is 0 Å². The highest BCUT2D eigenvalue weighted by atomic mass is 16.4. The van der Waals surface area contributed by atoms with E-state index in [4.69, 9.17) is 5.11 Å². The molecule has 0 saturated carbocycles. The molecule has 1 aliphatic heterocycles. The third-order valence-electron chi connectivity index (χ3n) is 3.82. The number of carbonyl (C=O) groups is 2. The lowest BCUT2D eigenvalue weighted by atomic mass is 10.0. The van der Waals surface area contributed by atoms with Gasteiger partial charge in [0, 0.05) is 13.0 Å². The van der Waals surface area contributed by atoms with Gasteiger partial charge in [0.15, 0.2) is 0 Å². The molecule has 1 heterocycles. The van der Waals surface area contributed by atoms with E-state index >= 15 is 0 Å². The van der Waals surface area contributed by atoms with Crippen molar-refractivity contribution in [2.24, 2.45) is 11.8 Å². The fourth-order valence-corrected chi connectivity index (χ4v) is 2.81. The van der Waals surface area contributed by atoms with Crippen LogP contribution >= 0.6 is 0 Å². The smallest absolute Gasteiger partial charge is 0.326 e. The van der Waals surface area contributed by atoms with Crippen molar-refractivity contribution in [2.45, 2.75) is 38.6 Å². The highest BCUT2D eigenvalue weighted by Crippen LogP contribution is 2.27. The molecule has 0 aromatic heterocycles. The Morgan fingerprint density at radius 1 is 1.41 bits per heavy atom. The normalized spacial score (nSPS) is 32.1. The van der Waals surface area contributed by atoms with Crippen molar-refractivity contribution < 1.29 is 14.7 Å². The SMILES string of the molecule is CC1CCN(C(=O)CC2C=CCC2)C1C(=O)O. The predicted molar refractivity (Wildman–Crippen MR) is 63.4 cm³/mol. The predicted octanol–water partition coefficient (Wildman–Crippen LogP) is 1.66. The van der Waals surface area contributed by atoms with E-state index in [0.717, 1.165) is 19.3 Å². The van der Waals surface area contributed by atoms with Crippen molar-refractivity contribution in [3.8, 4) is 0 Å². The van der Waals surface area contributed by atoms with Crippen LogP contribution in [0.25, 0.3) is 0 Å². The number of likely N-dealkylation sites (tertiary alicyclic amines) is 1. The molecule has 2 rings (SSSR count). The molecule has 4 heteroatoms. The minimum Gasteiger partial charge on any atom is -0.480 e. The van der Waals surface area contributed by atoms with Gasteiger partial charge < -0.3 is 10.0 Å². The van der Waals surface area contributed by atoms with Crippen LogP contribution in [0.5, 0.6) is 0 Å². The highest BCUT2D eigenvalue weighted by Gasteiger charge is 2.39. The Kier molecular flexibility index (Phi) is 3.50. The molecule has 1 amide bonds. The molecule has 1 saturated heterocycles. The first kappa shape index (κ1) is 12.1. The average molecular weight is 237 g/mol. The number of amides is 1. The Hall–Kier alpha value is -1.32. The summed E-state index contributed by atoms with van der Waals surface area (Å²) in [4.78, 5) is 24.8. The summed E-state index contributed by atoms with van der Waals surface area (Å²) in [6, 6.07) is -0.618. The van der Waals surface area contributed by atoms with E-state index in [1.165, 1.54) is 0 Å². The van der Waals surface area contributed by atoms with Gasteiger partial charge in [0.25, 0.3) is 0 Å². The Morgan fingerprint density at radius 2 is 2.18 bits per heavy atom. The quantitative estimate of drug-likeness (QED) is 0.759. The number of allylic oxidation sites excluding steroid dienone is 2. The Bertz CT molecular complexity index is 351. The van der Waals surface area contributed by atoms with Crippen LogP contribution in [-0.2, 0) is 9.59 Å². The van der Waals surface area contributed by atoms with Crippen molar-refractivity contribution in [1.82, 2.24) is 4.90 Å². The standard InChI is InChI=1S/C13H19NO3/c1-9-6-7-14(12(9)13(16)17)11(15)8-10-4-2-3-5-10/h2,4,9-10,12H,3,5-8H2,1H3,(H,16,17). The highest BCUT2D eigenvalue weighted by molar-refractivity contribution is 5.84. The van der Waals surface area contributed by atoms with Gasteiger partial charge in [-0.3, -0.25) is 4.79 Å². The van der Waals surface area contributed by atoms with Crippen LogP contribution < -0.4 is 0 Å². The Labute approximate surface area is 101 Å². The molecule has 1 fully saturated rings. The fourth-order valence-electron chi connectivity index (χ4n) is 2.81. The van der Waals surface area contributed by atoms with E-state index in [1.807, 2.05) is 6.92 Å². The van der Waals surface area contributed by atoms with E-state index in [0.29, 0.717) is 18.9 Å². The number of hydrogen-bond acceptors (Lipinski definition) is 2. The van der Waals surface area contributed by atoms with Crippen molar-refractivity contribution in [3.63, 3.8) is 0 Å². The second-order valence-corrected chi connectivity index (χ2v) is 5.11. The fraction of sp³-hybridized carbons (Fsp3) is 0.692. The number of carboxylic acid groups (broad SMARTS) is 1. The molecule has 1 N–H and O–H groups in total. The van der Waals surface area contributed by atoms with Crippen LogP contribution in [0.15, 0.2) is 12.2 Å². The molecule has 0 radical (unpaired) electrons. The molecule has 0 bridgehead atoms. The van der Waals surface area contributed by atoms with E-state index < -0.39 is 12.0 Å². The lowest BCUT2D eigenvalue weighted by molar-refractivity contribution is -0.149. The molecule has 17 heavy (non-hydrogen) atoms. The van der Waals surface area contributed by atoms with Crippen LogP contribution in [0.1, 0.15) is 32.6 Å². The van der Waals surface area contributed by atoms with Gasteiger partial charge in [0.1, 0.15) is 6.04 Å². The number of rotatable bonds is 3. The molecular weight excluding hydrogens is 218 g/mol. The molecule has 4 nitrogen and oxygen atoms in total. The first-order valence-corrected chi connectivity index (χ1v) is 6.28. The summed E-state index contributed by atoms with van der Waals surface area (Å²) >= 11 is 0. The molecule has 0 aromatic rings. The zero-order valence-corrected chi connectivity index (χ0v) is 10.1. The third kappa shape index (κ3) is 2.51. The first-order chi connectivity index (χ1) is 8.09. The number of carbonyl (C=O) groups excluding carboxylic acids is 1. The van der Waals surface area contributed by atoms with Crippen molar-refractivity contribution in [2.75, 3.05) is 6.54 Å². The number of aliphatic carboxylic acids is 1. The average Bonchev–Trinajstić information content (AvgIpc) is 2.86. The summed E-state index contributed by atoms with van der Waals surface area (Å²) in [5.74, 6) is -0.493. The van der Waals surface area contributed by atoms with Gasteiger partial charge in [-0.1, -0.05) is 19.1 Å². The summed E-state index contributed by atoms with van der Waals surface area (Å²) in [6.45, 7) is 2.49. The van der Waals surface area contributed by atoms with E-state index in [2.05, 4.69) is 12.2 Å². The maximum atomic E-state index is 12.1. The second-order valence-electron chi connectivity index (χ2n) is 5.11. The maximum Gasteiger partial charge on any atom is 0.326 e. The second kappa shape index (κ2) is 4.90. The molecule has 94 valence electrons. The van der Waals surface area contributed by atoms with E-state index in [9.17, 15) is 9.59 Å². The molecule has 3 atom stereocenters. The molecule has 0 aromatic carbocycles. The lowest BCUT2D eigenvalue weighted by Gasteiger charge is -2.24. The number of carboxylic acids is 1. The topological polar surface area (TPSA) is 57.6 Å². The summed E-state index contributed by atoms with van der Waals surface area (Å²) in [5.41, 5.74) is 0. The Morgan fingerprint density at radius 3 is 2.76 bits per heavy atom. The van der Waals surface area contributed by atoms with Gasteiger partial charge in [-0.2, -0.15) is 0 Å². The summed E-state index contributed by atoms with van der Waals surface area (Å²) in [7, 11) is 0. The summed E-state index contributed by atoms with van der Waals surface area (Å²) < 4.78 is 0. The van der Waals surface area contributed by atoms with Crippen LogP contribution in [0.3, 0.4) is 0 Å². The summed E-state index contributed by atoms with van der Waals surface area (Å²) in [6.07, 6.45) is 7.49. The molecule has 3 unspecified atom stereocenters. The monoisotopic (exact) mass is 237 g/mol. The molecule has 1 aliphatic carbocycles. The van der Waals surface area contributed by atoms with Crippen molar-refractivity contribution in [1.29, 1.82) is 0 Å². The van der Waals surface area contributed by atoms with Gasteiger partial charge in [0.2, 0.25) is 5.91 Å². The molecular formula is C13H19NO3. The van der Waals surface area contributed by atoms with E-state index in [-0.39, 0.29) is 11.8 Å². The van der Waals surface area contributed by atoms with Gasteiger partial charge in [-0.15, -0.1) is 0 Å². The van der Waals surface area contributed by atoms with Crippen LogP contribution in [-0.4, -0.2) is 34.5 Å². The van der Waals surface area contributed by atoms with E-state index in [1.54, 1.807) is 4.90 Å². The minimum absolute atomic E-state index is 0.00157. The van der Waals surface area contributed by atoms with Gasteiger partial charge >= 0.3 is 5.97 Å². The third-order valence-corrected chi connectivity index (χ3v) is 3.82. The van der Waals surface area contributed by atoms with Gasteiger partial charge in [-0.05, 0) is 31.1 Å². The largest absolute Gasteiger partial charge is 0.480 e. The van der Waals surface area contributed by atoms with Crippen molar-refractivity contribution in [3.05, 3.63) is 12.2 Å². The first-order valence-electron chi connectivity index (χ1n) is 6.28. The van der Waals surface area contributed by atoms with Crippen LogP contribution in [0, 0.1) is 11.8 Å². The van der Waals surface area contributed by atoms with Crippen LogP contribution in [0.4, 0.5) is 0 Å².